The van der Waals surface area contributed by atoms with Gasteiger partial charge in [-0.25, -0.2) is 0 Å². The lowest BCUT2D eigenvalue weighted by atomic mass is 10.1. The summed E-state index contributed by atoms with van der Waals surface area (Å²) in [7, 11) is 1.60. The van der Waals surface area contributed by atoms with E-state index in [-0.39, 0.29) is 11.3 Å². The van der Waals surface area contributed by atoms with Crippen LogP contribution in [0.4, 0.5) is 0 Å². The molecular formula is C21H19BrN2O4S. The van der Waals surface area contributed by atoms with E-state index in [9.17, 15) is 14.4 Å². The average molecular weight is 475 g/mol. The summed E-state index contributed by atoms with van der Waals surface area (Å²) in [5.41, 5.74) is 1.66. The molecule has 0 saturated carbocycles. The molecule has 2 aliphatic rings. The Labute approximate surface area is 181 Å². The molecule has 0 N–H and O–H groups in total. The largest absolute Gasteiger partial charge is 0.496 e. The number of ether oxygens (including phenoxy) is 1. The van der Waals surface area contributed by atoms with Crippen LogP contribution in [0.1, 0.15) is 38.6 Å². The van der Waals surface area contributed by atoms with Crippen LogP contribution >= 0.6 is 27.7 Å². The Kier molecular flexibility index (Phi) is 5.40. The van der Waals surface area contributed by atoms with Gasteiger partial charge < -0.3 is 9.64 Å². The third-order valence-electron chi connectivity index (χ3n) is 5.21. The van der Waals surface area contributed by atoms with Crippen molar-refractivity contribution in [2.75, 3.05) is 19.4 Å². The second-order valence-corrected chi connectivity index (χ2v) is 8.89. The molecule has 29 heavy (non-hydrogen) atoms. The molecule has 0 aliphatic carbocycles. The van der Waals surface area contributed by atoms with E-state index >= 15 is 0 Å². The number of methoxy groups -OCH3 is 1. The number of nitrogens with zero attached hydrogens (tertiary/aromatic N) is 2. The maximum atomic E-state index is 13.3. The van der Waals surface area contributed by atoms with Crippen molar-refractivity contribution in [2.45, 2.75) is 18.3 Å². The highest BCUT2D eigenvalue weighted by Gasteiger charge is 2.43. The summed E-state index contributed by atoms with van der Waals surface area (Å²) < 4.78 is 6.09. The zero-order valence-electron chi connectivity index (χ0n) is 15.9. The molecule has 2 unspecified atom stereocenters. The highest BCUT2D eigenvalue weighted by atomic mass is 79.9. The van der Waals surface area contributed by atoms with E-state index < -0.39 is 17.9 Å². The molecule has 6 nitrogen and oxygen atoms in total. The first-order valence-electron chi connectivity index (χ1n) is 9.16. The number of imide groups is 1. The van der Waals surface area contributed by atoms with Crippen LogP contribution < -0.4 is 4.74 Å². The van der Waals surface area contributed by atoms with Crippen LogP contribution in [0.3, 0.4) is 0 Å². The first kappa shape index (κ1) is 20.0. The fourth-order valence-corrected chi connectivity index (χ4v) is 5.53. The zero-order chi connectivity index (χ0) is 20.7. The smallest absolute Gasteiger partial charge is 0.262 e. The van der Waals surface area contributed by atoms with Gasteiger partial charge in [0.25, 0.3) is 11.8 Å². The fraction of sp³-hybridized carbons (Fsp3) is 0.286. The second-order valence-electron chi connectivity index (χ2n) is 6.85. The lowest BCUT2D eigenvalue weighted by molar-refractivity contribution is -0.135. The summed E-state index contributed by atoms with van der Waals surface area (Å²) in [5.74, 6) is 0.439. The summed E-state index contributed by atoms with van der Waals surface area (Å²) in [5, 5.41) is -0.178. The zero-order valence-corrected chi connectivity index (χ0v) is 18.3. The number of benzene rings is 2. The molecule has 8 heteroatoms. The van der Waals surface area contributed by atoms with Gasteiger partial charge in [-0.3, -0.25) is 19.3 Å². The summed E-state index contributed by atoms with van der Waals surface area (Å²) in [6.07, 6.45) is 0. The van der Waals surface area contributed by atoms with E-state index in [2.05, 4.69) is 15.9 Å². The van der Waals surface area contributed by atoms with Crippen molar-refractivity contribution in [2.24, 2.45) is 0 Å². The number of rotatable bonds is 4. The monoisotopic (exact) mass is 474 g/mol. The normalized spacial score (nSPS) is 19.5. The van der Waals surface area contributed by atoms with Crippen LogP contribution in [0.2, 0.25) is 0 Å². The Bertz CT molecular complexity index is 977. The van der Waals surface area contributed by atoms with Crippen LogP contribution in [-0.4, -0.2) is 53.0 Å². The van der Waals surface area contributed by atoms with Crippen LogP contribution in [0.25, 0.3) is 0 Å². The van der Waals surface area contributed by atoms with Gasteiger partial charge in [0.05, 0.1) is 22.7 Å². The molecule has 2 aromatic rings. The summed E-state index contributed by atoms with van der Waals surface area (Å²) in [6.45, 7) is 2.18. The van der Waals surface area contributed by atoms with Crippen LogP contribution in [0.5, 0.6) is 5.75 Å². The van der Waals surface area contributed by atoms with Crippen molar-refractivity contribution in [3.05, 3.63) is 63.6 Å². The Balaban J connectivity index is 1.58. The van der Waals surface area contributed by atoms with E-state index in [1.807, 2.05) is 18.2 Å². The number of amides is 3. The van der Waals surface area contributed by atoms with E-state index in [4.69, 9.17) is 4.74 Å². The van der Waals surface area contributed by atoms with Crippen molar-refractivity contribution in [3.63, 3.8) is 0 Å². The Hall–Kier alpha value is -2.32. The minimum absolute atomic E-state index is 0.178. The van der Waals surface area contributed by atoms with Gasteiger partial charge in [-0.15, -0.1) is 11.8 Å². The lowest BCUT2D eigenvalue weighted by Gasteiger charge is -2.30. The Morgan fingerprint density at radius 3 is 2.41 bits per heavy atom. The molecule has 2 atom stereocenters. The van der Waals surface area contributed by atoms with Gasteiger partial charge in [0, 0.05) is 12.3 Å². The molecule has 0 bridgehead atoms. The topological polar surface area (TPSA) is 66.9 Å². The lowest BCUT2D eigenvalue weighted by Crippen LogP contribution is -2.49. The quantitative estimate of drug-likeness (QED) is 0.631. The molecule has 2 heterocycles. The van der Waals surface area contributed by atoms with Gasteiger partial charge in [-0.05, 0) is 52.7 Å². The SMILES string of the molecule is COc1ccc(C2SCCN2C(=O)C(C)N2C(=O)c3ccccc3C2=O)cc1Br. The second kappa shape index (κ2) is 7.84. The molecule has 1 fully saturated rings. The highest BCUT2D eigenvalue weighted by molar-refractivity contribution is 9.10. The number of carbonyl (C=O) groups is 3. The van der Waals surface area contributed by atoms with Gasteiger partial charge >= 0.3 is 0 Å². The standard InChI is InChI=1S/C21H19BrN2O4S/c1-12(24-19(26)14-5-3-4-6-15(14)20(24)27)18(25)23-9-10-29-21(23)13-7-8-17(28-2)16(22)11-13/h3-8,11-12,21H,9-10H2,1-2H3. The number of thioether (sulfide) groups is 1. The summed E-state index contributed by atoms with van der Waals surface area (Å²) >= 11 is 5.15. The van der Waals surface area contributed by atoms with Gasteiger partial charge in [0.1, 0.15) is 17.2 Å². The van der Waals surface area contributed by atoms with Gasteiger partial charge in [-0.1, -0.05) is 18.2 Å². The summed E-state index contributed by atoms with van der Waals surface area (Å²) in [6, 6.07) is 11.5. The number of carbonyl (C=O) groups excluding carboxylic acids is 3. The third kappa shape index (κ3) is 3.34. The first-order chi connectivity index (χ1) is 13.9. The van der Waals surface area contributed by atoms with Gasteiger partial charge in [0.2, 0.25) is 5.91 Å². The molecule has 150 valence electrons. The van der Waals surface area contributed by atoms with Crippen LogP contribution in [-0.2, 0) is 4.79 Å². The number of hydrogen-bond donors (Lipinski definition) is 0. The minimum atomic E-state index is -0.870. The van der Waals surface area contributed by atoms with Crippen molar-refractivity contribution in [3.8, 4) is 5.75 Å². The van der Waals surface area contributed by atoms with E-state index in [1.165, 1.54) is 0 Å². The third-order valence-corrected chi connectivity index (χ3v) is 7.09. The van der Waals surface area contributed by atoms with Crippen molar-refractivity contribution < 1.29 is 19.1 Å². The van der Waals surface area contributed by atoms with E-state index in [0.717, 1.165) is 20.7 Å². The molecule has 3 amide bonds. The summed E-state index contributed by atoms with van der Waals surface area (Å²) in [4.78, 5) is 41.6. The predicted octanol–water partition coefficient (Wildman–Crippen LogP) is 3.72. The van der Waals surface area contributed by atoms with Gasteiger partial charge in [-0.2, -0.15) is 0 Å². The Morgan fingerprint density at radius 1 is 1.17 bits per heavy atom. The van der Waals surface area contributed by atoms with Crippen molar-refractivity contribution in [1.29, 1.82) is 0 Å². The van der Waals surface area contributed by atoms with E-state index in [1.54, 1.807) is 55.0 Å². The van der Waals surface area contributed by atoms with E-state index in [0.29, 0.717) is 23.4 Å². The first-order valence-corrected chi connectivity index (χ1v) is 11.0. The number of hydrogen-bond acceptors (Lipinski definition) is 5. The molecule has 1 saturated heterocycles. The number of fused-ring (bicyclic) bond motifs is 1. The van der Waals surface area contributed by atoms with Crippen LogP contribution in [0, 0.1) is 0 Å². The molecule has 2 aliphatic heterocycles. The highest BCUT2D eigenvalue weighted by Crippen LogP contribution is 2.41. The Morgan fingerprint density at radius 2 is 1.83 bits per heavy atom. The molecular weight excluding hydrogens is 456 g/mol. The maximum absolute atomic E-state index is 13.3. The van der Waals surface area contributed by atoms with Crippen molar-refractivity contribution in [1.82, 2.24) is 9.80 Å². The number of halogens is 1. The minimum Gasteiger partial charge on any atom is -0.496 e. The molecule has 0 radical (unpaired) electrons. The van der Waals surface area contributed by atoms with Crippen LogP contribution in [0.15, 0.2) is 46.9 Å². The van der Waals surface area contributed by atoms with Crippen molar-refractivity contribution >= 4 is 45.4 Å². The van der Waals surface area contributed by atoms with Gasteiger partial charge in [0.15, 0.2) is 0 Å². The average Bonchev–Trinajstić information content (AvgIpc) is 3.31. The molecule has 2 aromatic carbocycles. The molecule has 4 rings (SSSR count). The molecule has 0 aromatic heterocycles. The molecule has 0 spiro atoms. The fourth-order valence-electron chi connectivity index (χ4n) is 3.72. The predicted molar refractivity (Wildman–Crippen MR) is 114 cm³/mol. The maximum Gasteiger partial charge on any atom is 0.262 e.